The summed E-state index contributed by atoms with van der Waals surface area (Å²) in [6, 6.07) is 13.8. The van der Waals surface area contributed by atoms with Gasteiger partial charge in [0.1, 0.15) is 11.3 Å². The number of anilines is 1. The molecule has 2 N–H and O–H groups in total. The molecule has 4 nitrogen and oxygen atoms in total. The number of aromatic nitrogens is 2. The average Bonchev–Trinajstić information content (AvgIpc) is 2.83. The summed E-state index contributed by atoms with van der Waals surface area (Å²) in [7, 11) is 1.66. The molecule has 0 aliphatic heterocycles. The van der Waals surface area contributed by atoms with Gasteiger partial charge in [-0.05, 0) is 36.2 Å². The van der Waals surface area contributed by atoms with Gasteiger partial charge in [-0.3, -0.25) is 0 Å². The number of nitrogen functional groups attached to an aromatic ring is 1. The molecule has 0 saturated heterocycles. The van der Waals surface area contributed by atoms with Crippen molar-refractivity contribution in [2.75, 3.05) is 12.8 Å². The molecule has 0 fully saturated rings. The molecule has 0 amide bonds. The number of nitrogens with zero attached hydrogens (tertiary/aromatic N) is 2. The highest BCUT2D eigenvalue weighted by Crippen LogP contribution is 2.25. The minimum Gasteiger partial charge on any atom is -0.497 e. The number of hydrogen-bond donors (Lipinski definition) is 1. The van der Waals surface area contributed by atoms with Crippen LogP contribution in [0.25, 0.3) is 11.0 Å². The van der Waals surface area contributed by atoms with Crippen molar-refractivity contribution in [3.05, 3.63) is 53.1 Å². The molecule has 0 spiro atoms. The number of hydrogen-bond acceptors (Lipinski definition) is 3. The lowest BCUT2D eigenvalue weighted by molar-refractivity contribution is 0.414. The van der Waals surface area contributed by atoms with Crippen LogP contribution in [-0.4, -0.2) is 16.7 Å². The zero-order chi connectivity index (χ0) is 14.8. The first-order chi connectivity index (χ1) is 10.2. The van der Waals surface area contributed by atoms with E-state index in [9.17, 15) is 0 Å². The molecule has 1 aromatic heterocycles. The quantitative estimate of drug-likeness (QED) is 0.802. The Bertz CT molecular complexity index is 765. The minimum atomic E-state index is 0.492. The van der Waals surface area contributed by atoms with E-state index in [0.29, 0.717) is 11.0 Å². The van der Waals surface area contributed by atoms with Crippen LogP contribution < -0.4 is 10.5 Å². The van der Waals surface area contributed by atoms with Gasteiger partial charge in [-0.2, -0.15) is 0 Å². The molecule has 108 valence electrons. The van der Waals surface area contributed by atoms with Crippen LogP contribution >= 0.6 is 11.6 Å². The first kappa shape index (κ1) is 13.8. The standard InChI is InChI=1S/C16H16ClN3O/c1-21-12-7-5-11(6-8-12)9-10-20-14-4-2-3-13(17)15(14)19-16(20)18/h2-8H,9-10H2,1H3,(H2,18,19). The maximum Gasteiger partial charge on any atom is 0.201 e. The molecule has 5 heteroatoms. The van der Waals surface area contributed by atoms with E-state index in [2.05, 4.69) is 17.1 Å². The molecule has 3 aromatic rings. The summed E-state index contributed by atoms with van der Waals surface area (Å²) in [4.78, 5) is 4.34. The highest BCUT2D eigenvalue weighted by molar-refractivity contribution is 6.35. The molecular formula is C16H16ClN3O. The van der Waals surface area contributed by atoms with E-state index in [1.54, 1.807) is 7.11 Å². The van der Waals surface area contributed by atoms with Gasteiger partial charge < -0.3 is 15.0 Å². The average molecular weight is 302 g/mol. The second kappa shape index (κ2) is 5.66. The van der Waals surface area contributed by atoms with Crippen molar-refractivity contribution in [2.45, 2.75) is 13.0 Å². The molecule has 0 atom stereocenters. The fourth-order valence-electron chi connectivity index (χ4n) is 2.40. The molecule has 0 unspecified atom stereocenters. The van der Waals surface area contributed by atoms with Gasteiger partial charge in [-0.25, -0.2) is 4.98 Å². The number of fused-ring (bicyclic) bond motifs is 1. The first-order valence-corrected chi connectivity index (χ1v) is 7.10. The zero-order valence-electron chi connectivity index (χ0n) is 11.7. The summed E-state index contributed by atoms with van der Waals surface area (Å²) >= 11 is 6.15. The zero-order valence-corrected chi connectivity index (χ0v) is 12.5. The van der Waals surface area contributed by atoms with E-state index < -0.39 is 0 Å². The molecule has 0 aliphatic rings. The highest BCUT2D eigenvalue weighted by atomic mass is 35.5. The third-order valence-electron chi connectivity index (χ3n) is 3.54. The van der Waals surface area contributed by atoms with Crippen LogP contribution in [0.2, 0.25) is 5.02 Å². The molecule has 0 bridgehead atoms. The van der Waals surface area contributed by atoms with Gasteiger partial charge in [-0.1, -0.05) is 29.8 Å². The van der Waals surface area contributed by atoms with Gasteiger partial charge in [0.25, 0.3) is 0 Å². The smallest absolute Gasteiger partial charge is 0.201 e. The van der Waals surface area contributed by atoms with Crippen LogP contribution in [0.5, 0.6) is 5.75 Å². The molecule has 1 heterocycles. The number of nitrogens with two attached hydrogens (primary N) is 1. The summed E-state index contributed by atoms with van der Waals surface area (Å²) in [6.07, 6.45) is 0.867. The van der Waals surface area contributed by atoms with Gasteiger partial charge >= 0.3 is 0 Å². The number of aryl methyl sites for hydroxylation is 2. The van der Waals surface area contributed by atoms with Crippen LogP contribution in [0.3, 0.4) is 0 Å². The van der Waals surface area contributed by atoms with Crippen molar-refractivity contribution in [3.8, 4) is 5.75 Å². The Kier molecular flexibility index (Phi) is 3.71. The van der Waals surface area contributed by atoms with Gasteiger partial charge in [0.2, 0.25) is 5.95 Å². The van der Waals surface area contributed by atoms with Crippen molar-refractivity contribution < 1.29 is 4.74 Å². The van der Waals surface area contributed by atoms with Gasteiger partial charge in [0.15, 0.2) is 0 Å². The molecule has 0 saturated carbocycles. The predicted octanol–water partition coefficient (Wildman–Crippen LogP) is 3.52. The van der Waals surface area contributed by atoms with Crippen molar-refractivity contribution in [1.29, 1.82) is 0 Å². The Hall–Kier alpha value is -2.20. The van der Waals surface area contributed by atoms with Crippen LogP contribution in [-0.2, 0) is 13.0 Å². The van der Waals surface area contributed by atoms with Crippen LogP contribution in [0.4, 0.5) is 5.95 Å². The van der Waals surface area contributed by atoms with E-state index >= 15 is 0 Å². The first-order valence-electron chi connectivity index (χ1n) is 6.72. The Morgan fingerprint density at radius 3 is 2.67 bits per heavy atom. The normalized spacial score (nSPS) is 11.0. The number of imidazole rings is 1. The van der Waals surface area contributed by atoms with Gasteiger partial charge in [0.05, 0.1) is 17.6 Å². The van der Waals surface area contributed by atoms with Crippen LogP contribution in [0, 0.1) is 0 Å². The highest BCUT2D eigenvalue weighted by Gasteiger charge is 2.10. The number of methoxy groups -OCH3 is 1. The number of benzene rings is 2. The van der Waals surface area contributed by atoms with Crippen molar-refractivity contribution in [3.63, 3.8) is 0 Å². The molecule has 3 rings (SSSR count). The predicted molar refractivity (Wildman–Crippen MR) is 85.9 cm³/mol. The van der Waals surface area contributed by atoms with Crippen molar-refractivity contribution >= 4 is 28.6 Å². The molecule has 2 aromatic carbocycles. The monoisotopic (exact) mass is 301 g/mol. The molecule has 0 aliphatic carbocycles. The largest absolute Gasteiger partial charge is 0.497 e. The SMILES string of the molecule is COc1ccc(CCn2c(N)nc3c(Cl)cccc32)cc1. The van der Waals surface area contributed by atoms with E-state index in [4.69, 9.17) is 22.1 Å². The lowest BCUT2D eigenvalue weighted by Crippen LogP contribution is -2.05. The maximum atomic E-state index is 6.15. The van der Waals surface area contributed by atoms with Crippen molar-refractivity contribution in [2.24, 2.45) is 0 Å². The second-order valence-corrected chi connectivity index (χ2v) is 5.23. The van der Waals surface area contributed by atoms with Crippen LogP contribution in [0.15, 0.2) is 42.5 Å². The Balaban J connectivity index is 1.84. The Morgan fingerprint density at radius 1 is 1.19 bits per heavy atom. The Labute approximate surface area is 128 Å². The summed E-state index contributed by atoms with van der Waals surface area (Å²) in [5.41, 5.74) is 8.95. The van der Waals surface area contributed by atoms with E-state index in [-0.39, 0.29) is 0 Å². The maximum absolute atomic E-state index is 6.15. The fourth-order valence-corrected chi connectivity index (χ4v) is 2.61. The number of halogens is 1. The van der Waals surface area contributed by atoms with E-state index in [1.807, 2.05) is 34.9 Å². The molecule has 0 radical (unpaired) electrons. The van der Waals surface area contributed by atoms with Crippen LogP contribution in [0.1, 0.15) is 5.56 Å². The summed E-state index contributed by atoms with van der Waals surface area (Å²) in [5.74, 6) is 1.35. The number of ether oxygens (including phenoxy) is 1. The topological polar surface area (TPSA) is 53.1 Å². The lowest BCUT2D eigenvalue weighted by atomic mass is 10.1. The fraction of sp³-hybridized carbons (Fsp3) is 0.188. The number of rotatable bonds is 4. The van der Waals surface area contributed by atoms with Gasteiger partial charge in [0, 0.05) is 6.54 Å². The second-order valence-electron chi connectivity index (χ2n) is 4.83. The molecule has 21 heavy (non-hydrogen) atoms. The summed E-state index contributed by atoms with van der Waals surface area (Å²) in [5, 5.41) is 0.627. The summed E-state index contributed by atoms with van der Waals surface area (Å²) in [6.45, 7) is 0.759. The lowest BCUT2D eigenvalue weighted by Gasteiger charge is -2.07. The van der Waals surface area contributed by atoms with E-state index in [1.165, 1.54) is 5.56 Å². The molecular weight excluding hydrogens is 286 g/mol. The third-order valence-corrected chi connectivity index (χ3v) is 3.85. The Morgan fingerprint density at radius 2 is 1.95 bits per heavy atom. The van der Waals surface area contributed by atoms with Crippen molar-refractivity contribution in [1.82, 2.24) is 9.55 Å². The third kappa shape index (κ3) is 2.67. The number of para-hydroxylation sites is 1. The summed E-state index contributed by atoms with van der Waals surface area (Å²) < 4.78 is 7.15. The van der Waals surface area contributed by atoms with E-state index in [0.717, 1.165) is 29.7 Å². The van der Waals surface area contributed by atoms with Gasteiger partial charge in [-0.15, -0.1) is 0 Å². The minimum absolute atomic E-state index is 0.492.